The van der Waals surface area contributed by atoms with Crippen molar-refractivity contribution in [1.82, 2.24) is 10.2 Å². The van der Waals surface area contributed by atoms with Crippen LogP contribution in [0.3, 0.4) is 0 Å². The van der Waals surface area contributed by atoms with Gasteiger partial charge in [0.1, 0.15) is 6.04 Å². The fourth-order valence-electron chi connectivity index (χ4n) is 3.97. The van der Waals surface area contributed by atoms with Gasteiger partial charge in [-0.05, 0) is 54.2 Å². The van der Waals surface area contributed by atoms with E-state index in [-0.39, 0.29) is 11.8 Å². The first kappa shape index (κ1) is 25.5. The third-order valence-electron chi connectivity index (χ3n) is 5.95. The van der Waals surface area contributed by atoms with Crippen molar-refractivity contribution in [3.8, 4) is 0 Å². The minimum atomic E-state index is -0.604. The molecule has 3 aromatic rings. The van der Waals surface area contributed by atoms with E-state index < -0.39 is 6.04 Å². The number of amides is 2. The quantitative estimate of drug-likeness (QED) is 0.391. The van der Waals surface area contributed by atoms with Crippen LogP contribution in [0.5, 0.6) is 0 Å². The summed E-state index contributed by atoms with van der Waals surface area (Å²) in [6.45, 7) is 4.88. The Hall–Kier alpha value is -3.11. The minimum absolute atomic E-state index is 0.0401. The highest BCUT2D eigenvalue weighted by atomic mass is 35.5. The molecular weight excluding hydrogens is 444 g/mol. The Morgan fingerprint density at radius 3 is 2.06 bits per heavy atom. The highest BCUT2D eigenvalue weighted by molar-refractivity contribution is 6.30. The van der Waals surface area contributed by atoms with E-state index in [0.29, 0.717) is 37.4 Å². The normalized spacial score (nSPS) is 11.6. The number of benzene rings is 3. The maximum Gasteiger partial charge on any atom is 0.243 e. The lowest BCUT2D eigenvalue weighted by Gasteiger charge is -2.31. The molecule has 3 rings (SSSR count). The Balaban J connectivity index is 1.85. The number of carbonyl (C=O) groups excluding carboxylic acids is 2. The van der Waals surface area contributed by atoms with Crippen LogP contribution < -0.4 is 5.32 Å². The zero-order valence-corrected chi connectivity index (χ0v) is 20.7. The van der Waals surface area contributed by atoms with Crippen molar-refractivity contribution in [2.24, 2.45) is 0 Å². The van der Waals surface area contributed by atoms with Crippen molar-refractivity contribution in [3.63, 3.8) is 0 Å². The molecule has 0 spiro atoms. The van der Waals surface area contributed by atoms with Crippen LogP contribution >= 0.6 is 11.6 Å². The van der Waals surface area contributed by atoms with Gasteiger partial charge in [-0.2, -0.15) is 0 Å². The fraction of sp³-hybridized carbons (Fsp3) is 0.310. The van der Waals surface area contributed by atoms with Crippen LogP contribution in [0.4, 0.5) is 0 Å². The van der Waals surface area contributed by atoms with E-state index in [2.05, 4.69) is 36.5 Å². The van der Waals surface area contributed by atoms with Gasteiger partial charge in [0, 0.05) is 31.0 Å². The van der Waals surface area contributed by atoms with Gasteiger partial charge in [0.2, 0.25) is 11.8 Å². The molecule has 0 saturated carbocycles. The standard InChI is InChI=1S/C29H33ClN2O2/c1-3-22-10-12-23(13-11-22)16-19-28(33)32(21-25-14-17-26(30)18-15-25)27(29(34)31-4-2)20-24-8-6-5-7-9-24/h5-15,17-18,27H,3-4,16,19-21H2,1-2H3,(H,31,34). The van der Waals surface area contributed by atoms with E-state index in [0.717, 1.165) is 23.1 Å². The van der Waals surface area contributed by atoms with Crippen LogP contribution in [-0.2, 0) is 35.4 Å². The molecule has 0 bridgehead atoms. The van der Waals surface area contributed by atoms with Gasteiger partial charge >= 0.3 is 0 Å². The van der Waals surface area contributed by atoms with Gasteiger partial charge in [0.15, 0.2) is 0 Å². The molecule has 34 heavy (non-hydrogen) atoms. The van der Waals surface area contributed by atoms with Gasteiger partial charge < -0.3 is 10.2 Å². The van der Waals surface area contributed by atoms with Gasteiger partial charge in [-0.1, -0.05) is 85.3 Å². The third kappa shape index (κ3) is 7.46. The lowest BCUT2D eigenvalue weighted by molar-refractivity contribution is -0.141. The molecule has 5 heteroatoms. The van der Waals surface area contributed by atoms with Crippen LogP contribution in [0.1, 0.15) is 42.5 Å². The Labute approximate surface area is 207 Å². The van der Waals surface area contributed by atoms with Crippen LogP contribution in [0.15, 0.2) is 78.9 Å². The zero-order chi connectivity index (χ0) is 24.3. The van der Waals surface area contributed by atoms with Crippen molar-refractivity contribution in [2.45, 2.75) is 52.1 Å². The maximum absolute atomic E-state index is 13.6. The van der Waals surface area contributed by atoms with E-state index in [1.165, 1.54) is 5.56 Å². The van der Waals surface area contributed by atoms with Crippen molar-refractivity contribution in [1.29, 1.82) is 0 Å². The van der Waals surface area contributed by atoms with Gasteiger partial charge in [0.25, 0.3) is 0 Å². The van der Waals surface area contributed by atoms with E-state index in [1.807, 2.05) is 61.5 Å². The number of likely N-dealkylation sites (N-methyl/N-ethyl adjacent to an activating group) is 1. The van der Waals surface area contributed by atoms with Crippen molar-refractivity contribution in [2.75, 3.05) is 6.54 Å². The molecule has 1 atom stereocenters. The fourth-order valence-corrected chi connectivity index (χ4v) is 4.10. The molecule has 3 aromatic carbocycles. The van der Waals surface area contributed by atoms with E-state index in [4.69, 9.17) is 11.6 Å². The van der Waals surface area contributed by atoms with Crippen molar-refractivity contribution < 1.29 is 9.59 Å². The monoisotopic (exact) mass is 476 g/mol. The summed E-state index contributed by atoms with van der Waals surface area (Å²) in [4.78, 5) is 28.5. The SMILES string of the molecule is CCNC(=O)C(Cc1ccccc1)N(Cc1ccc(Cl)cc1)C(=O)CCc1ccc(CC)cc1. The number of nitrogens with zero attached hydrogens (tertiary/aromatic N) is 1. The smallest absolute Gasteiger partial charge is 0.243 e. The van der Waals surface area contributed by atoms with Gasteiger partial charge in [-0.15, -0.1) is 0 Å². The Bertz CT molecular complexity index is 1050. The van der Waals surface area contributed by atoms with E-state index in [1.54, 1.807) is 4.90 Å². The third-order valence-corrected chi connectivity index (χ3v) is 6.20. The predicted molar refractivity (Wildman–Crippen MR) is 139 cm³/mol. The average molecular weight is 477 g/mol. The molecule has 0 saturated heterocycles. The highest BCUT2D eigenvalue weighted by Gasteiger charge is 2.29. The first-order valence-electron chi connectivity index (χ1n) is 11.9. The molecule has 0 radical (unpaired) electrons. The summed E-state index contributed by atoms with van der Waals surface area (Å²) in [6, 6.07) is 25.1. The maximum atomic E-state index is 13.6. The molecule has 178 valence electrons. The summed E-state index contributed by atoms with van der Waals surface area (Å²) in [5.41, 5.74) is 4.35. The molecule has 4 nitrogen and oxygen atoms in total. The first-order valence-corrected chi connectivity index (χ1v) is 12.3. The van der Waals surface area contributed by atoms with Crippen LogP contribution in [0.2, 0.25) is 5.02 Å². The Morgan fingerprint density at radius 1 is 0.824 bits per heavy atom. The highest BCUT2D eigenvalue weighted by Crippen LogP contribution is 2.18. The Morgan fingerprint density at radius 2 is 1.44 bits per heavy atom. The molecule has 1 N–H and O–H groups in total. The Kier molecular flexibility index (Phi) is 9.72. The molecule has 0 heterocycles. The second kappa shape index (κ2) is 13.0. The molecular formula is C29H33ClN2O2. The van der Waals surface area contributed by atoms with E-state index >= 15 is 0 Å². The molecule has 2 amide bonds. The molecule has 1 unspecified atom stereocenters. The van der Waals surface area contributed by atoms with Gasteiger partial charge in [-0.3, -0.25) is 9.59 Å². The lowest BCUT2D eigenvalue weighted by Crippen LogP contribution is -2.50. The van der Waals surface area contributed by atoms with Gasteiger partial charge in [0.05, 0.1) is 0 Å². The first-order chi connectivity index (χ1) is 16.5. The minimum Gasteiger partial charge on any atom is -0.355 e. The van der Waals surface area contributed by atoms with Crippen molar-refractivity contribution in [3.05, 3.63) is 106 Å². The molecule has 0 aromatic heterocycles. The number of nitrogens with one attached hydrogen (secondary N) is 1. The topological polar surface area (TPSA) is 49.4 Å². The molecule has 0 aliphatic heterocycles. The number of hydrogen-bond donors (Lipinski definition) is 1. The summed E-state index contributed by atoms with van der Waals surface area (Å²) in [5, 5.41) is 3.57. The lowest BCUT2D eigenvalue weighted by atomic mass is 10.0. The summed E-state index contributed by atoms with van der Waals surface area (Å²) in [7, 11) is 0. The van der Waals surface area contributed by atoms with E-state index in [9.17, 15) is 9.59 Å². The summed E-state index contributed by atoms with van der Waals surface area (Å²) in [6.07, 6.45) is 2.41. The number of rotatable bonds is 11. The number of aryl methyl sites for hydroxylation is 2. The second-order valence-electron chi connectivity index (χ2n) is 8.42. The molecule has 0 aliphatic carbocycles. The van der Waals surface area contributed by atoms with Crippen LogP contribution in [0.25, 0.3) is 0 Å². The predicted octanol–water partition coefficient (Wildman–Crippen LogP) is 5.61. The average Bonchev–Trinajstić information content (AvgIpc) is 2.87. The number of carbonyl (C=O) groups is 2. The number of hydrogen-bond acceptors (Lipinski definition) is 2. The summed E-state index contributed by atoms with van der Waals surface area (Å²) < 4.78 is 0. The molecule has 0 fully saturated rings. The van der Waals surface area contributed by atoms with Crippen LogP contribution in [-0.4, -0.2) is 29.3 Å². The van der Waals surface area contributed by atoms with Gasteiger partial charge in [-0.25, -0.2) is 0 Å². The largest absolute Gasteiger partial charge is 0.355 e. The summed E-state index contributed by atoms with van der Waals surface area (Å²) in [5.74, 6) is -0.178. The zero-order valence-electron chi connectivity index (χ0n) is 20.0. The second-order valence-corrected chi connectivity index (χ2v) is 8.85. The molecule has 0 aliphatic rings. The summed E-state index contributed by atoms with van der Waals surface area (Å²) >= 11 is 6.07. The number of halogens is 1. The van der Waals surface area contributed by atoms with Crippen molar-refractivity contribution >= 4 is 23.4 Å². The van der Waals surface area contributed by atoms with Crippen LogP contribution in [0, 0.1) is 0 Å².